The first-order valence-electron chi connectivity index (χ1n) is 8.88. The molecule has 1 aromatic carbocycles. The summed E-state index contributed by atoms with van der Waals surface area (Å²) in [5, 5.41) is 0. The molecule has 0 amide bonds. The van der Waals surface area contributed by atoms with Crippen LogP contribution in [-0.4, -0.2) is 38.1 Å². The highest BCUT2D eigenvalue weighted by Gasteiger charge is 2.44. The fourth-order valence-corrected chi connectivity index (χ4v) is 3.87. The van der Waals surface area contributed by atoms with Crippen molar-refractivity contribution in [2.45, 2.75) is 63.2 Å². The van der Waals surface area contributed by atoms with Crippen LogP contribution in [0.4, 0.5) is 0 Å². The molecule has 1 aliphatic rings. The molecule has 0 radical (unpaired) electrons. The van der Waals surface area contributed by atoms with Gasteiger partial charge in [-0.1, -0.05) is 12.1 Å². The lowest BCUT2D eigenvalue weighted by atomic mass is 10.00. The third kappa shape index (κ3) is 4.97. The van der Waals surface area contributed by atoms with Gasteiger partial charge in [-0.2, -0.15) is 0 Å². The largest absolute Gasteiger partial charge is 0.490 e. The van der Waals surface area contributed by atoms with E-state index in [4.69, 9.17) is 9.47 Å². The molecule has 1 fully saturated rings. The molecule has 6 heteroatoms. The minimum Gasteiger partial charge on any atom is -0.490 e. The van der Waals surface area contributed by atoms with E-state index >= 15 is 0 Å². The Morgan fingerprint density at radius 2 is 1.80 bits per heavy atom. The highest BCUT2D eigenvalue weighted by molar-refractivity contribution is 7.92. The van der Waals surface area contributed by atoms with Crippen molar-refractivity contribution >= 4 is 15.8 Å². The number of carbonyl (C=O) groups excluding carboxylic acids is 1. The number of rotatable bonds is 8. The standard InChI is InChI=1S/C19H28O5S/c1-4-23-18(20)19(2,25(3,21)22)14-13-15-9-11-17(12-10-15)24-16-7-5-6-8-16/h9-12,16H,4-8,13-14H2,1-3H3. The molecule has 0 aliphatic heterocycles. The fraction of sp³-hybridized carbons (Fsp3) is 0.632. The Labute approximate surface area is 150 Å². The number of sulfone groups is 1. The first kappa shape index (κ1) is 19.8. The minimum absolute atomic E-state index is 0.164. The van der Waals surface area contributed by atoms with Gasteiger partial charge in [0, 0.05) is 6.26 Å². The van der Waals surface area contributed by atoms with Crippen LogP contribution in [0, 0.1) is 0 Å². The van der Waals surface area contributed by atoms with Crippen LogP contribution < -0.4 is 4.74 Å². The lowest BCUT2D eigenvalue weighted by Crippen LogP contribution is -2.44. The van der Waals surface area contributed by atoms with E-state index in [0.717, 1.165) is 30.4 Å². The molecule has 0 N–H and O–H groups in total. The summed E-state index contributed by atoms with van der Waals surface area (Å²) in [7, 11) is -3.58. The smallest absolute Gasteiger partial charge is 0.327 e. The van der Waals surface area contributed by atoms with E-state index in [9.17, 15) is 13.2 Å². The highest BCUT2D eigenvalue weighted by atomic mass is 32.2. The van der Waals surface area contributed by atoms with E-state index in [1.807, 2.05) is 24.3 Å². The van der Waals surface area contributed by atoms with Crippen LogP contribution in [-0.2, 0) is 25.8 Å². The van der Waals surface area contributed by atoms with Crippen molar-refractivity contribution in [1.82, 2.24) is 0 Å². The van der Waals surface area contributed by atoms with Crippen molar-refractivity contribution < 1.29 is 22.7 Å². The van der Waals surface area contributed by atoms with Crippen molar-refractivity contribution in [3.63, 3.8) is 0 Å². The van der Waals surface area contributed by atoms with Gasteiger partial charge in [-0.25, -0.2) is 8.42 Å². The number of esters is 1. The number of benzene rings is 1. The Balaban J connectivity index is 2.01. The number of hydrogen-bond donors (Lipinski definition) is 0. The summed E-state index contributed by atoms with van der Waals surface area (Å²) in [6, 6.07) is 7.68. The zero-order valence-electron chi connectivity index (χ0n) is 15.3. The van der Waals surface area contributed by atoms with Crippen LogP contribution in [0.3, 0.4) is 0 Å². The molecule has 1 atom stereocenters. The fourth-order valence-electron chi connectivity index (χ4n) is 3.04. The molecule has 0 spiro atoms. The van der Waals surface area contributed by atoms with Crippen molar-refractivity contribution in [3.05, 3.63) is 29.8 Å². The maximum Gasteiger partial charge on any atom is 0.327 e. The van der Waals surface area contributed by atoms with Crippen molar-refractivity contribution in [2.24, 2.45) is 0 Å². The number of ether oxygens (including phenoxy) is 2. The first-order valence-corrected chi connectivity index (χ1v) is 10.8. The Kier molecular flexibility index (Phi) is 6.49. The summed E-state index contributed by atoms with van der Waals surface area (Å²) < 4.78 is 33.6. The van der Waals surface area contributed by atoms with E-state index in [-0.39, 0.29) is 13.0 Å². The third-order valence-corrected chi connectivity index (χ3v) is 6.95. The van der Waals surface area contributed by atoms with Gasteiger partial charge in [-0.15, -0.1) is 0 Å². The molecule has 140 valence electrons. The molecule has 1 aliphatic carbocycles. The topological polar surface area (TPSA) is 69.7 Å². The maximum atomic E-state index is 12.2. The molecule has 1 saturated carbocycles. The Morgan fingerprint density at radius 1 is 1.20 bits per heavy atom. The molecule has 0 saturated heterocycles. The van der Waals surface area contributed by atoms with E-state index in [1.54, 1.807) is 6.92 Å². The first-order chi connectivity index (χ1) is 11.8. The SMILES string of the molecule is CCOC(=O)C(C)(CCc1ccc(OC2CCCC2)cc1)S(C)(=O)=O. The second-order valence-electron chi connectivity index (χ2n) is 6.89. The average Bonchev–Trinajstić information content (AvgIpc) is 3.06. The van der Waals surface area contributed by atoms with Gasteiger partial charge < -0.3 is 9.47 Å². The molecule has 1 aromatic rings. The number of hydrogen-bond acceptors (Lipinski definition) is 5. The van der Waals surface area contributed by atoms with Crippen LogP contribution in [0.2, 0.25) is 0 Å². The van der Waals surface area contributed by atoms with Crippen LogP contribution in [0.1, 0.15) is 51.5 Å². The summed E-state index contributed by atoms with van der Waals surface area (Å²) in [6.45, 7) is 3.28. The zero-order chi connectivity index (χ0) is 18.5. The highest BCUT2D eigenvalue weighted by Crippen LogP contribution is 2.27. The quantitative estimate of drug-likeness (QED) is 0.659. The lowest BCUT2D eigenvalue weighted by molar-refractivity contribution is -0.146. The van der Waals surface area contributed by atoms with Gasteiger partial charge in [0.25, 0.3) is 0 Å². The second-order valence-corrected chi connectivity index (χ2v) is 9.34. The molecule has 0 heterocycles. The summed E-state index contributed by atoms with van der Waals surface area (Å²) in [5.41, 5.74) is 0.970. The minimum atomic E-state index is -3.58. The Morgan fingerprint density at radius 3 is 2.32 bits per heavy atom. The molecular weight excluding hydrogens is 340 g/mol. The monoisotopic (exact) mass is 368 g/mol. The number of carbonyl (C=O) groups is 1. The van der Waals surface area contributed by atoms with Gasteiger partial charge >= 0.3 is 5.97 Å². The summed E-state index contributed by atoms with van der Waals surface area (Å²) in [5.74, 6) is 0.158. The normalized spacial score (nSPS) is 17.9. The van der Waals surface area contributed by atoms with Crippen LogP contribution in [0.15, 0.2) is 24.3 Å². The predicted octanol–water partition coefficient (Wildman–Crippen LogP) is 3.31. The maximum absolute atomic E-state index is 12.2. The molecule has 0 aromatic heterocycles. The lowest BCUT2D eigenvalue weighted by Gasteiger charge is -2.25. The predicted molar refractivity (Wildman–Crippen MR) is 97.5 cm³/mol. The van der Waals surface area contributed by atoms with Gasteiger partial charge in [0.15, 0.2) is 14.6 Å². The average molecular weight is 368 g/mol. The molecule has 25 heavy (non-hydrogen) atoms. The third-order valence-electron chi connectivity index (χ3n) is 4.94. The molecule has 5 nitrogen and oxygen atoms in total. The van der Waals surface area contributed by atoms with E-state index < -0.39 is 20.6 Å². The number of aryl methyl sites for hydroxylation is 1. The van der Waals surface area contributed by atoms with Crippen LogP contribution in [0.25, 0.3) is 0 Å². The van der Waals surface area contributed by atoms with Gasteiger partial charge in [0.05, 0.1) is 12.7 Å². The molecule has 2 rings (SSSR count). The molecular formula is C19H28O5S. The zero-order valence-corrected chi connectivity index (χ0v) is 16.1. The van der Waals surface area contributed by atoms with Gasteiger partial charge in [0.2, 0.25) is 0 Å². The van der Waals surface area contributed by atoms with E-state index in [1.165, 1.54) is 19.8 Å². The van der Waals surface area contributed by atoms with Gasteiger partial charge in [-0.05, 0) is 70.1 Å². The van der Waals surface area contributed by atoms with Crippen molar-refractivity contribution in [2.75, 3.05) is 12.9 Å². The van der Waals surface area contributed by atoms with E-state index in [0.29, 0.717) is 12.5 Å². The van der Waals surface area contributed by atoms with E-state index in [2.05, 4.69) is 0 Å². The molecule has 0 bridgehead atoms. The van der Waals surface area contributed by atoms with Crippen molar-refractivity contribution in [1.29, 1.82) is 0 Å². The van der Waals surface area contributed by atoms with Gasteiger partial charge in [-0.3, -0.25) is 4.79 Å². The van der Waals surface area contributed by atoms with Crippen molar-refractivity contribution in [3.8, 4) is 5.75 Å². The Bertz CT molecular complexity index is 674. The van der Waals surface area contributed by atoms with Crippen LogP contribution >= 0.6 is 0 Å². The second kappa shape index (κ2) is 8.21. The molecule has 1 unspecified atom stereocenters. The van der Waals surface area contributed by atoms with Crippen LogP contribution in [0.5, 0.6) is 5.75 Å². The summed E-state index contributed by atoms with van der Waals surface area (Å²) in [4.78, 5) is 12.2. The van der Waals surface area contributed by atoms with Gasteiger partial charge in [0.1, 0.15) is 5.75 Å². The summed E-state index contributed by atoms with van der Waals surface area (Å²) in [6.07, 6.45) is 6.72. The summed E-state index contributed by atoms with van der Waals surface area (Å²) >= 11 is 0. The Hall–Kier alpha value is -1.56.